The number of nitrogens with two attached hydrogens (primary N) is 1. The highest BCUT2D eigenvalue weighted by molar-refractivity contribution is 6.32. The zero-order valence-electron chi connectivity index (χ0n) is 10.7. The molecule has 1 aromatic rings. The SMILES string of the molecule is NCC1(c2c(O)c(Cl)cc3c2OCCO3)CCCC1. The smallest absolute Gasteiger partial charge is 0.168 e. The average molecular weight is 284 g/mol. The molecule has 19 heavy (non-hydrogen) atoms. The van der Waals surface area contributed by atoms with E-state index in [-0.39, 0.29) is 11.2 Å². The van der Waals surface area contributed by atoms with Crippen molar-refractivity contribution in [2.45, 2.75) is 31.1 Å². The van der Waals surface area contributed by atoms with Gasteiger partial charge in [0.2, 0.25) is 0 Å². The number of hydrogen-bond acceptors (Lipinski definition) is 4. The fraction of sp³-hybridized carbons (Fsp3) is 0.571. The number of halogens is 1. The Labute approximate surface area is 117 Å². The molecule has 1 fully saturated rings. The van der Waals surface area contributed by atoms with Gasteiger partial charge in [0.1, 0.15) is 19.0 Å². The van der Waals surface area contributed by atoms with E-state index in [1.807, 2.05) is 0 Å². The first-order valence-corrected chi connectivity index (χ1v) is 7.07. The third kappa shape index (κ3) is 1.94. The summed E-state index contributed by atoms with van der Waals surface area (Å²) in [6, 6.07) is 1.62. The van der Waals surface area contributed by atoms with Crippen molar-refractivity contribution in [1.29, 1.82) is 0 Å². The molecule has 3 N–H and O–H groups in total. The summed E-state index contributed by atoms with van der Waals surface area (Å²) < 4.78 is 11.3. The fourth-order valence-corrected chi connectivity index (χ4v) is 3.44. The van der Waals surface area contributed by atoms with Crippen LogP contribution in [0.5, 0.6) is 17.2 Å². The first-order valence-electron chi connectivity index (χ1n) is 6.69. The van der Waals surface area contributed by atoms with Gasteiger partial charge in [-0.05, 0) is 12.8 Å². The Balaban J connectivity index is 2.21. The first-order chi connectivity index (χ1) is 9.18. The molecule has 104 valence electrons. The number of aromatic hydroxyl groups is 1. The van der Waals surface area contributed by atoms with Gasteiger partial charge in [-0.15, -0.1) is 0 Å². The van der Waals surface area contributed by atoms with Crippen molar-refractivity contribution >= 4 is 11.6 Å². The Bertz CT molecular complexity index is 498. The van der Waals surface area contributed by atoms with Crippen LogP contribution in [0.2, 0.25) is 5.02 Å². The van der Waals surface area contributed by atoms with Crippen molar-refractivity contribution < 1.29 is 14.6 Å². The van der Waals surface area contributed by atoms with Crippen LogP contribution < -0.4 is 15.2 Å². The molecule has 0 atom stereocenters. The van der Waals surface area contributed by atoms with Crippen LogP contribution >= 0.6 is 11.6 Å². The second-order valence-electron chi connectivity index (χ2n) is 5.30. The molecule has 0 radical (unpaired) electrons. The Kier molecular flexibility index (Phi) is 3.23. The van der Waals surface area contributed by atoms with Crippen LogP contribution in [-0.4, -0.2) is 24.9 Å². The highest BCUT2D eigenvalue weighted by atomic mass is 35.5. The molecule has 1 aromatic carbocycles. The van der Waals surface area contributed by atoms with Gasteiger partial charge in [-0.1, -0.05) is 24.4 Å². The van der Waals surface area contributed by atoms with E-state index in [0.717, 1.165) is 31.2 Å². The summed E-state index contributed by atoms with van der Waals surface area (Å²) in [5.41, 5.74) is 6.51. The van der Waals surface area contributed by atoms with Crippen molar-refractivity contribution in [2.24, 2.45) is 5.73 Å². The highest BCUT2D eigenvalue weighted by Crippen LogP contribution is 2.53. The Morgan fingerprint density at radius 2 is 1.95 bits per heavy atom. The normalized spacial score (nSPS) is 20.5. The summed E-state index contributed by atoms with van der Waals surface area (Å²) in [6.07, 6.45) is 4.12. The van der Waals surface area contributed by atoms with Crippen LogP contribution in [0.15, 0.2) is 6.07 Å². The molecule has 1 aliphatic heterocycles. The molecule has 5 heteroatoms. The zero-order chi connectivity index (χ0) is 13.5. The second-order valence-corrected chi connectivity index (χ2v) is 5.70. The van der Waals surface area contributed by atoms with Crippen molar-refractivity contribution in [3.63, 3.8) is 0 Å². The minimum Gasteiger partial charge on any atom is -0.506 e. The van der Waals surface area contributed by atoms with Gasteiger partial charge >= 0.3 is 0 Å². The largest absolute Gasteiger partial charge is 0.506 e. The molecule has 1 heterocycles. The molecule has 0 aromatic heterocycles. The summed E-state index contributed by atoms with van der Waals surface area (Å²) in [7, 11) is 0. The van der Waals surface area contributed by atoms with Crippen molar-refractivity contribution in [1.82, 2.24) is 0 Å². The van der Waals surface area contributed by atoms with Crippen LogP contribution in [0.3, 0.4) is 0 Å². The predicted molar refractivity (Wildman–Crippen MR) is 73.3 cm³/mol. The average Bonchev–Trinajstić information content (AvgIpc) is 2.90. The molecular formula is C14H18ClNO3. The van der Waals surface area contributed by atoms with E-state index >= 15 is 0 Å². The van der Waals surface area contributed by atoms with E-state index in [4.69, 9.17) is 26.8 Å². The molecule has 0 saturated heterocycles. The quantitative estimate of drug-likeness (QED) is 0.876. The van der Waals surface area contributed by atoms with Gasteiger partial charge < -0.3 is 20.3 Å². The Morgan fingerprint density at radius 1 is 1.26 bits per heavy atom. The van der Waals surface area contributed by atoms with Gasteiger partial charge in [-0.3, -0.25) is 0 Å². The van der Waals surface area contributed by atoms with E-state index in [0.29, 0.717) is 36.3 Å². The van der Waals surface area contributed by atoms with E-state index in [9.17, 15) is 5.11 Å². The standard InChI is InChI=1S/C14H18ClNO3/c15-9-7-10-13(19-6-5-18-10)11(12(9)17)14(8-16)3-1-2-4-14/h7,17H,1-6,8,16H2. The molecule has 3 rings (SSSR count). The third-order valence-corrected chi connectivity index (χ3v) is 4.53. The molecule has 0 unspecified atom stereocenters. The van der Waals surface area contributed by atoms with Gasteiger partial charge in [-0.2, -0.15) is 0 Å². The van der Waals surface area contributed by atoms with Crippen LogP contribution in [-0.2, 0) is 5.41 Å². The van der Waals surface area contributed by atoms with E-state index < -0.39 is 0 Å². The lowest BCUT2D eigenvalue weighted by Crippen LogP contribution is -2.33. The monoisotopic (exact) mass is 283 g/mol. The van der Waals surface area contributed by atoms with Gasteiger partial charge in [-0.25, -0.2) is 0 Å². The van der Waals surface area contributed by atoms with E-state index in [1.165, 1.54) is 0 Å². The lowest BCUT2D eigenvalue weighted by Gasteiger charge is -2.33. The predicted octanol–water partition coefficient (Wildman–Crippen LogP) is 2.59. The minimum absolute atomic E-state index is 0.0956. The maximum atomic E-state index is 10.4. The van der Waals surface area contributed by atoms with Crippen LogP contribution in [0.1, 0.15) is 31.2 Å². The molecule has 0 amide bonds. The van der Waals surface area contributed by atoms with Gasteiger partial charge in [0.05, 0.1) is 5.02 Å². The molecular weight excluding hydrogens is 266 g/mol. The summed E-state index contributed by atoms with van der Waals surface area (Å²) in [5, 5.41) is 10.7. The van der Waals surface area contributed by atoms with Crippen molar-refractivity contribution in [2.75, 3.05) is 19.8 Å². The van der Waals surface area contributed by atoms with Crippen LogP contribution in [0, 0.1) is 0 Å². The number of phenolic OH excluding ortho intramolecular Hbond substituents is 1. The fourth-order valence-electron chi connectivity index (χ4n) is 3.24. The lowest BCUT2D eigenvalue weighted by atomic mass is 9.77. The number of fused-ring (bicyclic) bond motifs is 1. The lowest BCUT2D eigenvalue weighted by molar-refractivity contribution is 0.165. The molecule has 2 aliphatic rings. The summed E-state index contributed by atoms with van der Waals surface area (Å²) in [5.74, 6) is 1.34. The van der Waals surface area contributed by atoms with E-state index in [2.05, 4.69) is 0 Å². The molecule has 0 bridgehead atoms. The zero-order valence-corrected chi connectivity index (χ0v) is 11.5. The van der Waals surface area contributed by atoms with Crippen molar-refractivity contribution in [3.05, 3.63) is 16.7 Å². The van der Waals surface area contributed by atoms with Crippen LogP contribution in [0.25, 0.3) is 0 Å². The Hall–Kier alpha value is -1.13. The van der Waals surface area contributed by atoms with Crippen LogP contribution in [0.4, 0.5) is 0 Å². The molecule has 1 saturated carbocycles. The molecule has 1 aliphatic carbocycles. The number of hydrogen-bond donors (Lipinski definition) is 2. The highest BCUT2D eigenvalue weighted by Gasteiger charge is 2.41. The number of benzene rings is 1. The maximum absolute atomic E-state index is 10.4. The first kappa shape index (κ1) is 12.9. The number of rotatable bonds is 2. The number of phenols is 1. The second kappa shape index (κ2) is 4.76. The van der Waals surface area contributed by atoms with Gasteiger partial charge in [0.25, 0.3) is 0 Å². The summed E-state index contributed by atoms with van der Waals surface area (Å²) >= 11 is 6.12. The summed E-state index contributed by atoms with van der Waals surface area (Å²) in [6.45, 7) is 1.47. The molecule has 4 nitrogen and oxygen atoms in total. The Morgan fingerprint density at radius 3 is 2.63 bits per heavy atom. The van der Waals surface area contributed by atoms with E-state index in [1.54, 1.807) is 6.07 Å². The summed E-state index contributed by atoms with van der Waals surface area (Å²) in [4.78, 5) is 0. The van der Waals surface area contributed by atoms with Crippen molar-refractivity contribution in [3.8, 4) is 17.2 Å². The van der Waals surface area contributed by atoms with Gasteiger partial charge in [0, 0.05) is 23.6 Å². The molecule has 0 spiro atoms. The van der Waals surface area contributed by atoms with Gasteiger partial charge in [0.15, 0.2) is 11.5 Å². The third-order valence-electron chi connectivity index (χ3n) is 4.24. The maximum Gasteiger partial charge on any atom is 0.168 e. The number of ether oxygens (including phenoxy) is 2. The minimum atomic E-state index is -0.236. The topological polar surface area (TPSA) is 64.7 Å².